The molecule has 0 bridgehead atoms. The fourth-order valence-electron chi connectivity index (χ4n) is 4.82. The second-order valence-electron chi connectivity index (χ2n) is 10.2. The van der Waals surface area contributed by atoms with Crippen molar-refractivity contribution < 1.29 is 58.1 Å². The summed E-state index contributed by atoms with van der Waals surface area (Å²) in [5.74, 6) is -6.93. The van der Waals surface area contributed by atoms with Crippen LogP contribution in [0.4, 0.5) is 43.9 Å². The molecule has 0 radical (unpaired) electrons. The minimum absolute atomic E-state index is 0.125. The molecule has 0 aromatic heterocycles. The summed E-state index contributed by atoms with van der Waals surface area (Å²) < 4.78 is 151. The number of rotatable bonds is 10. The molecule has 1 aliphatic rings. The summed E-state index contributed by atoms with van der Waals surface area (Å²) in [6, 6.07) is 6.31. The molecule has 238 valence electrons. The van der Waals surface area contributed by atoms with Crippen LogP contribution in [-0.4, -0.2) is 19.6 Å². The van der Waals surface area contributed by atoms with E-state index in [4.69, 9.17) is 9.47 Å². The maximum atomic E-state index is 15.0. The second-order valence-corrected chi connectivity index (χ2v) is 10.2. The van der Waals surface area contributed by atoms with Gasteiger partial charge in [0.2, 0.25) is 0 Å². The monoisotopic (exact) mass is 636 g/mol. The first-order valence-corrected chi connectivity index (χ1v) is 13.4. The third-order valence-corrected chi connectivity index (χ3v) is 6.96. The van der Waals surface area contributed by atoms with Crippen LogP contribution in [0.25, 0.3) is 11.1 Å². The van der Waals surface area contributed by atoms with E-state index in [2.05, 4.69) is 4.74 Å². The van der Waals surface area contributed by atoms with Crippen LogP contribution in [0.5, 0.6) is 0 Å². The third-order valence-electron chi connectivity index (χ3n) is 6.96. The van der Waals surface area contributed by atoms with Crippen molar-refractivity contribution in [3.05, 3.63) is 106 Å². The smallest absolute Gasteiger partial charge is 0.348 e. The standard InChI is InChI=1S/C31H26F10O3/c1-2-3-4-5-18-15-42-29(43-16-18)19-7-9-21(23(32)12-19)20-13-24(33)22(25(34)14-20)8-6-17-10-26(35)28(27(36)11-17)30(37,38)44-31(39,40)41/h2-3,7,9-14,18,29H,4-6,8,15-16H2,1H3/b3-2+. The highest BCUT2D eigenvalue weighted by molar-refractivity contribution is 5.65. The van der Waals surface area contributed by atoms with Crippen LogP contribution >= 0.6 is 0 Å². The summed E-state index contributed by atoms with van der Waals surface area (Å²) in [4.78, 5) is 0. The van der Waals surface area contributed by atoms with Gasteiger partial charge in [-0.25, -0.2) is 26.7 Å². The minimum atomic E-state index is -5.89. The van der Waals surface area contributed by atoms with Crippen LogP contribution in [0, 0.1) is 35.0 Å². The molecule has 4 rings (SSSR count). The number of halogens is 10. The van der Waals surface area contributed by atoms with E-state index in [-0.39, 0.29) is 22.6 Å². The molecule has 0 aliphatic carbocycles. The van der Waals surface area contributed by atoms with Crippen molar-refractivity contribution in [2.75, 3.05) is 13.2 Å². The van der Waals surface area contributed by atoms with Gasteiger partial charge in [0.25, 0.3) is 0 Å². The van der Waals surface area contributed by atoms with Crippen molar-refractivity contribution in [1.82, 2.24) is 0 Å². The zero-order valence-electron chi connectivity index (χ0n) is 23.1. The van der Waals surface area contributed by atoms with Crippen molar-refractivity contribution in [3.63, 3.8) is 0 Å². The normalized spacial score (nSPS) is 17.9. The van der Waals surface area contributed by atoms with Crippen LogP contribution < -0.4 is 0 Å². The molecule has 0 unspecified atom stereocenters. The van der Waals surface area contributed by atoms with Gasteiger partial charge < -0.3 is 9.47 Å². The van der Waals surface area contributed by atoms with Gasteiger partial charge in [-0.05, 0) is 74.1 Å². The molecule has 0 atom stereocenters. The molecule has 3 aromatic rings. The van der Waals surface area contributed by atoms with Crippen LogP contribution in [0.1, 0.15) is 48.3 Å². The Morgan fingerprint density at radius 1 is 0.795 bits per heavy atom. The van der Waals surface area contributed by atoms with Crippen LogP contribution in [-0.2, 0) is 33.2 Å². The lowest BCUT2D eigenvalue weighted by Gasteiger charge is -2.29. The van der Waals surface area contributed by atoms with E-state index in [0.717, 1.165) is 31.0 Å². The molecular weight excluding hydrogens is 610 g/mol. The van der Waals surface area contributed by atoms with Crippen LogP contribution in [0.2, 0.25) is 0 Å². The maximum absolute atomic E-state index is 15.0. The number of ether oxygens (including phenoxy) is 3. The van der Waals surface area contributed by atoms with E-state index >= 15 is 4.39 Å². The summed E-state index contributed by atoms with van der Waals surface area (Å²) >= 11 is 0. The van der Waals surface area contributed by atoms with Crippen molar-refractivity contribution in [3.8, 4) is 11.1 Å². The van der Waals surface area contributed by atoms with Gasteiger partial charge in [0.1, 0.15) is 34.6 Å². The van der Waals surface area contributed by atoms with Gasteiger partial charge in [-0.2, -0.15) is 8.78 Å². The van der Waals surface area contributed by atoms with E-state index < -0.39 is 71.8 Å². The lowest BCUT2D eigenvalue weighted by atomic mass is 9.97. The molecule has 13 heteroatoms. The van der Waals surface area contributed by atoms with Gasteiger partial charge in [0.15, 0.2) is 6.29 Å². The van der Waals surface area contributed by atoms with Gasteiger partial charge in [-0.3, -0.25) is 0 Å². The molecule has 1 heterocycles. The number of aryl methyl sites for hydroxylation is 1. The second kappa shape index (κ2) is 13.7. The number of hydrogen-bond acceptors (Lipinski definition) is 3. The Bertz CT molecular complexity index is 1450. The lowest BCUT2D eigenvalue weighted by molar-refractivity contribution is -0.432. The Kier molecular flexibility index (Phi) is 10.4. The molecular formula is C31H26F10O3. The highest BCUT2D eigenvalue weighted by Crippen LogP contribution is 2.39. The summed E-state index contributed by atoms with van der Waals surface area (Å²) in [7, 11) is 0. The molecule has 0 spiro atoms. The zero-order chi connectivity index (χ0) is 32.2. The third kappa shape index (κ3) is 8.19. The number of alkyl halides is 5. The van der Waals surface area contributed by atoms with Crippen LogP contribution in [0.3, 0.4) is 0 Å². The van der Waals surface area contributed by atoms with E-state index in [1.807, 2.05) is 19.1 Å². The highest BCUT2D eigenvalue weighted by atomic mass is 19.4. The van der Waals surface area contributed by atoms with Crippen molar-refractivity contribution in [2.45, 2.75) is 51.4 Å². The Labute approximate surface area is 246 Å². The molecule has 0 N–H and O–H groups in total. The topological polar surface area (TPSA) is 27.7 Å². The average molecular weight is 637 g/mol. The number of hydrogen-bond donors (Lipinski definition) is 0. The fraction of sp³-hybridized carbons (Fsp3) is 0.355. The molecule has 1 fully saturated rings. The van der Waals surface area contributed by atoms with Gasteiger partial charge in [0, 0.05) is 22.6 Å². The van der Waals surface area contributed by atoms with Crippen molar-refractivity contribution in [1.29, 1.82) is 0 Å². The van der Waals surface area contributed by atoms with Gasteiger partial charge in [-0.1, -0.05) is 24.3 Å². The summed E-state index contributed by atoms with van der Waals surface area (Å²) in [6.07, 6.45) is -7.31. The molecule has 3 nitrogen and oxygen atoms in total. The van der Waals surface area contributed by atoms with E-state index in [1.165, 1.54) is 12.1 Å². The fourth-order valence-corrected chi connectivity index (χ4v) is 4.82. The Hall–Kier alpha value is -3.42. The summed E-state index contributed by atoms with van der Waals surface area (Å²) in [5, 5.41) is 0. The Balaban J connectivity index is 1.45. The highest BCUT2D eigenvalue weighted by Gasteiger charge is 2.49. The molecule has 44 heavy (non-hydrogen) atoms. The summed E-state index contributed by atoms with van der Waals surface area (Å²) in [6.45, 7) is 2.77. The minimum Gasteiger partial charge on any atom is -0.348 e. The van der Waals surface area contributed by atoms with E-state index in [0.29, 0.717) is 30.9 Å². The quantitative estimate of drug-likeness (QED) is 0.164. The van der Waals surface area contributed by atoms with Gasteiger partial charge in [0.05, 0.1) is 13.2 Å². The lowest BCUT2D eigenvalue weighted by Crippen LogP contribution is -2.29. The van der Waals surface area contributed by atoms with E-state index in [9.17, 15) is 39.5 Å². The maximum Gasteiger partial charge on any atom is 0.527 e. The molecule has 0 saturated carbocycles. The molecule has 0 amide bonds. The van der Waals surface area contributed by atoms with Gasteiger partial charge >= 0.3 is 12.5 Å². The first-order chi connectivity index (χ1) is 20.7. The van der Waals surface area contributed by atoms with Crippen LogP contribution in [0.15, 0.2) is 54.6 Å². The SMILES string of the molecule is C/C=C/CCC1COC(c2ccc(-c3cc(F)c(CCc4cc(F)c(C(F)(F)OC(F)(F)F)c(F)c4)c(F)c3)c(F)c2)OC1. The molecule has 1 saturated heterocycles. The van der Waals surface area contributed by atoms with Gasteiger partial charge in [-0.15, -0.1) is 13.2 Å². The largest absolute Gasteiger partial charge is 0.527 e. The predicted octanol–water partition coefficient (Wildman–Crippen LogP) is 9.44. The molecule has 1 aliphatic heterocycles. The number of allylic oxidation sites excluding steroid dienone is 2. The van der Waals surface area contributed by atoms with Crippen molar-refractivity contribution >= 4 is 0 Å². The summed E-state index contributed by atoms with van der Waals surface area (Å²) in [5.41, 5.74) is -3.07. The first-order valence-electron chi connectivity index (χ1n) is 13.4. The first kappa shape index (κ1) is 33.5. The zero-order valence-corrected chi connectivity index (χ0v) is 23.1. The van der Waals surface area contributed by atoms with E-state index in [1.54, 1.807) is 0 Å². The predicted molar refractivity (Wildman–Crippen MR) is 139 cm³/mol. The Morgan fingerprint density at radius 2 is 1.41 bits per heavy atom. The van der Waals surface area contributed by atoms with Crippen molar-refractivity contribution in [2.24, 2.45) is 5.92 Å². The number of benzene rings is 3. The Morgan fingerprint density at radius 3 is 1.95 bits per heavy atom. The molecule has 3 aromatic carbocycles. The average Bonchev–Trinajstić information content (AvgIpc) is 2.91.